The Morgan fingerprint density at radius 1 is 1.25 bits per heavy atom. The minimum Gasteiger partial charge on any atom is -0.252 e. The Bertz CT molecular complexity index is 230. The summed E-state index contributed by atoms with van der Waals surface area (Å²) in [5, 5.41) is 0.757. The molecule has 0 saturated carbocycles. The molecule has 0 aliphatic heterocycles. The second-order valence-corrected chi connectivity index (χ2v) is 4.26. The molecule has 0 unspecified atom stereocenters. The molecule has 0 spiro atoms. The van der Waals surface area contributed by atoms with Gasteiger partial charge in [0.1, 0.15) is 0 Å². The minimum absolute atomic E-state index is 0.0872. The van der Waals surface area contributed by atoms with E-state index in [0.29, 0.717) is 0 Å². The fraction of sp³-hybridized carbons (Fsp3) is 0.500. The molecule has 0 amide bonds. The minimum atomic E-state index is 0.0872. The predicted octanol–water partition coefficient (Wildman–Crippen LogP) is 1.87. The number of hydrogen-bond acceptors (Lipinski definition) is 4. The van der Waals surface area contributed by atoms with E-state index in [1.807, 2.05) is 0 Å². The van der Waals surface area contributed by atoms with E-state index in [4.69, 9.17) is 0 Å². The SMILES string of the molecule is CC(C)(C)NSc1ncccn1. The van der Waals surface area contributed by atoms with Crippen LogP contribution in [-0.4, -0.2) is 15.5 Å². The quantitative estimate of drug-likeness (QED) is 0.561. The number of aromatic nitrogens is 2. The van der Waals surface area contributed by atoms with E-state index in [9.17, 15) is 0 Å². The molecule has 0 fully saturated rings. The molecule has 4 heteroatoms. The van der Waals surface area contributed by atoms with Gasteiger partial charge in [-0.25, -0.2) is 9.97 Å². The Morgan fingerprint density at radius 3 is 2.33 bits per heavy atom. The Morgan fingerprint density at radius 2 is 1.83 bits per heavy atom. The van der Waals surface area contributed by atoms with Gasteiger partial charge in [0.05, 0.1) is 0 Å². The fourth-order valence-electron chi connectivity index (χ4n) is 0.537. The van der Waals surface area contributed by atoms with Gasteiger partial charge in [-0.3, -0.25) is 4.72 Å². The average molecular weight is 183 g/mol. The second-order valence-electron chi connectivity index (χ2n) is 3.49. The molecule has 1 aromatic heterocycles. The van der Waals surface area contributed by atoms with Crippen molar-refractivity contribution in [3.8, 4) is 0 Å². The smallest absolute Gasteiger partial charge is 0.202 e. The van der Waals surface area contributed by atoms with Crippen LogP contribution < -0.4 is 4.72 Å². The van der Waals surface area contributed by atoms with Gasteiger partial charge in [-0.1, -0.05) is 0 Å². The summed E-state index contributed by atoms with van der Waals surface area (Å²) >= 11 is 1.46. The second kappa shape index (κ2) is 3.87. The molecule has 0 saturated heterocycles. The van der Waals surface area contributed by atoms with Crippen LogP contribution in [0, 0.1) is 0 Å². The average Bonchev–Trinajstić information content (AvgIpc) is 2.02. The van der Waals surface area contributed by atoms with Crippen LogP contribution in [0.2, 0.25) is 0 Å². The first kappa shape index (κ1) is 9.48. The third kappa shape index (κ3) is 3.69. The van der Waals surface area contributed by atoms with Crippen LogP contribution in [-0.2, 0) is 0 Å². The predicted molar refractivity (Wildman–Crippen MR) is 50.8 cm³/mol. The summed E-state index contributed by atoms with van der Waals surface area (Å²) < 4.78 is 3.23. The van der Waals surface area contributed by atoms with Crippen LogP contribution in [0.4, 0.5) is 0 Å². The monoisotopic (exact) mass is 183 g/mol. The highest BCUT2D eigenvalue weighted by atomic mass is 32.2. The van der Waals surface area contributed by atoms with Gasteiger partial charge in [0, 0.05) is 17.9 Å². The molecule has 1 rings (SSSR count). The molecule has 0 atom stereocenters. The molecule has 0 bridgehead atoms. The number of nitrogens with one attached hydrogen (secondary N) is 1. The molecule has 66 valence electrons. The van der Waals surface area contributed by atoms with Crippen LogP contribution in [0.1, 0.15) is 20.8 Å². The molecule has 1 N–H and O–H groups in total. The van der Waals surface area contributed by atoms with Gasteiger partial charge in [-0.15, -0.1) is 0 Å². The van der Waals surface area contributed by atoms with Crippen LogP contribution in [0.3, 0.4) is 0 Å². The van der Waals surface area contributed by atoms with Crippen molar-refractivity contribution >= 4 is 11.9 Å². The maximum atomic E-state index is 4.07. The Kier molecular flexibility index (Phi) is 3.05. The fourth-order valence-corrected chi connectivity index (χ4v) is 1.16. The van der Waals surface area contributed by atoms with E-state index in [1.165, 1.54) is 11.9 Å². The van der Waals surface area contributed by atoms with Crippen molar-refractivity contribution < 1.29 is 0 Å². The van der Waals surface area contributed by atoms with E-state index >= 15 is 0 Å². The van der Waals surface area contributed by atoms with E-state index < -0.39 is 0 Å². The summed E-state index contributed by atoms with van der Waals surface area (Å²) in [5.41, 5.74) is 0.0872. The molecule has 0 radical (unpaired) electrons. The lowest BCUT2D eigenvalue weighted by Crippen LogP contribution is -2.30. The van der Waals surface area contributed by atoms with Crippen molar-refractivity contribution in [3.05, 3.63) is 18.5 Å². The highest BCUT2D eigenvalue weighted by Gasteiger charge is 2.09. The summed E-state index contributed by atoms with van der Waals surface area (Å²) in [5.74, 6) is 0. The molecule has 1 heterocycles. The van der Waals surface area contributed by atoms with Crippen molar-refractivity contribution in [3.63, 3.8) is 0 Å². The van der Waals surface area contributed by atoms with Crippen molar-refractivity contribution in [2.75, 3.05) is 0 Å². The molecule has 12 heavy (non-hydrogen) atoms. The molecular formula is C8H13N3S. The maximum absolute atomic E-state index is 4.07. The largest absolute Gasteiger partial charge is 0.252 e. The lowest BCUT2D eigenvalue weighted by atomic mass is 10.1. The molecule has 0 aliphatic rings. The summed E-state index contributed by atoms with van der Waals surface area (Å²) in [4.78, 5) is 8.14. The Balaban J connectivity index is 2.44. The van der Waals surface area contributed by atoms with Crippen LogP contribution in [0.15, 0.2) is 23.6 Å². The Labute approximate surface area is 77.1 Å². The van der Waals surface area contributed by atoms with E-state index in [-0.39, 0.29) is 5.54 Å². The van der Waals surface area contributed by atoms with Crippen molar-refractivity contribution in [2.45, 2.75) is 31.5 Å². The third-order valence-electron chi connectivity index (χ3n) is 0.991. The molecular weight excluding hydrogens is 170 g/mol. The van der Waals surface area contributed by atoms with Gasteiger partial charge >= 0.3 is 0 Å². The highest BCUT2D eigenvalue weighted by molar-refractivity contribution is 7.97. The summed E-state index contributed by atoms with van der Waals surface area (Å²) in [6.45, 7) is 6.30. The third-order valence-corrected chi connectivity index (χ3v) is 2.10. The molecule has 1 aromatic rings. The standard InChI is InChI=1S/C8H13N3S/c1-8(2,3)11-12-7-9-5-4-6-10-7/h4-6,11H,1-3H3. The summed E-state index contributed by atoms with van der Waals surface area (Å²) in [6.07, 6.45) is 3.47. The van der Waals surface area contributed by atoms with Crippen LogP contribution in [0.25, 0.3) is 0 Å². The molecule has 0 aliphatic carbocycles. The Hall–Kier alpha value is -0.610. The highest BCUT2D eigenvalue weighted by Crippen LogP contribution is 2.12. The lowest BCUT2D eigenvalue weighted by Gasteiger charge is -2.18. The van der Waals surface area contributed by atoms with E-state index in [1.54, 1.807) is 18.5 Å². The first-order valence-corrected chi connectivity index (χ1v) is 4.61. The first-order valence-electron chi connectivity index (χ1n) is 3.79. The summed E-state index contributed by atoms with van der Waals surface area (Å²) in [6, 6.07) is 1.81. The van der Waals surface area contributed by atoms with Gasteiger partial charge in [0.2, 0.25) is 5.16 Å². The van der Waals surface area contributed by atoms with Gasteiger partial charge in [0.15, 0.2) is 0 Å². The van der Waals surface area contributed by atoms with Crippen molar-refractivity contribution in [1.82, 2.24) is 14.7 Å². The van der Waals surface area contributed by atoms with Gasteiger partial charge in [-0.05, 0) is 38.8 Å². The maximum Gasteiger partial charge on any atom is 0.202 e. The van der Waals surface area contributed by atoms with E-state index in [0.717, 1.165) is 5.16 Å². The number of hydrogen-bond donors (Lipinski definition) is 1. The normalized spacial score (nSPS) is 11.6. The van der Waals surface area contributed by atoms with Crippen molar-refractivity contribution in [2.24, 2.45) is 0 Å². The van der Waals surface area contributed by atoms with Crippen LogP contribution >= 0.6 is 11.9 Å². The van der Waals surface area contributed by atoms with E-state index in [2.05, 4.69) is 35.5 Å². The van der Waals surface area contributed by atoms with Gasteiger partial charge < -0.3 is 0 Å². The zero-order valence-corrected chi connectivity index (χ0v) is 8.35. The van der Waals surface area contributed by atoms with Gasteiger partial charge in [0.25, 0.3) is 0 Å². The topological polar surface area (TPSA) is 37.8 Å². The zero-order valence-electron chi connectivity index (χ0n) is 7.53. The first-order chi connectivity index (χ1) is 5.58. The van der Waals surface area contributed by atoms with Crippen molar-refractivity contribution in [1.29, 1.82) is 0 Å². The summed E-state index contributed by atoms with van der Waals surface area (Å²) in [7, 11) is 0. The van der Waals surface area contributed by atoms with Gasteiger partial charge in [-0.2, -0.15) is 0 Å². The number of nitrogens with zero attached hydrogens (tertiary/aromatic N) is 2. The molecule has 0 aromatic carbocycles. The molecule has 3 nitrogen and oxygen atoms in total. The van der Waals surface area contributed by atoms with Crippen LogP contribution in [0.5, 0.6) is 0 Å². The zero-order chi connectivity index (χ0) is 9.03. The lowest BCUT2D eigenvalue weighted by molar-refractivity contribution is 0.534. The number of rotatable bonds is 2.